The molecule has 0 spiro atoms. The predicted molar refractivity (Wildman–Crippen MR) is 66.5 cm³/mol. The maximum absolute atomic E-state index is 8.47. The lowest BCUT2D eigenvalue weighted by Gasteiger charge is -1.98. The second kappa shape index (κ2) is 4.18. The Hall–Kier alpha value is -2.87. The molecule has 0 aliphatic rings. The second-order valence-electron chi connectivity index (χ2n) is 3.69. The topological polar surface area (TPSA) is 74.7 Å². The summed E-state index contributed by atoms with van der Waals surface area (Å²) in [7, 11) is 0. The number of hydrogen-bond donors (Lipinski definition) is 1. The minimum Gasteiger partial charge on any atom is -0.464 e. The van der Waals surface area contributed by atoms with E-state index in [2.05, 4.69) is 15.5 Å². The van der Waals surface area contributed by atoms with Crippen LogP contribution in [-0.2, 0) is 0 Å². The Balaban J connectivity index is 2.07. The molecule has 1 N–H and O–H groups in total. The minimum absolute atomic E-state index is 0.425. The van der Waals surface area contributed by atoms with Gasteiger partial charge in [-0.15, -0.1) is 10.2 Å². The lowest BCUT2D eigenvalue weighted by atomic mass is 10.1. The number of nitriles is 1. The summed E-state index contributed by atoms with van der Waals surface area (Å²) in [5, 5.41) is 19.9. The number of rotatable bonds is 2. The fraction of sp³-hybridized carbons (Fsp3) is 0. The highest BCUT2D eigenvalue weighted by atomic mass is 16.3. The molecule has 0 aliphatic heterocycles. The average Bonchev–Trinajstić information content (AvgIpc) is 2.84. The van der Waals surface area contributed by atoms with Crippen molar-refractivity contribution in [2.24, 2.45) is 0 Å². The van der Waals surface area contributed by atoms with Crippen LogP contribution in [0.25, 0.3) is 22.2 Å². The van der Waals surface area contributed by atoms with Crippen LogP contribution in [0, 0.1) is 11.5 Å². The summed E-state index contributed by atoms with van der Waals surface area (Å²) in [6.45, 7) is 0. The van der Waals surface area contributed by atoms with Crippen molar-refractivity contribution in [1.29, 1.82) is 5.26 Å². The van der Waals surface area contributed by atoms with Crippen molar-refractivity contribution in [3.8, 4) is 17.5 Å². The Bertz CT molecular complexity index is 725. The van der Waals surface area contributed by atoms with Crippen molar-refractivity contribution >= 4 is 16.8 Å². The standard InChI is InChI=1S/C13H8N4O/c14-8-15-13-6-5-11(16-17-13)10-7-18-12-4-2-1-3-9(10)12/h1-7H,(H,15,17). The molecular weight excluding hydrogens is 228 g/mol. The Morgan fingerprint density at radius 1 is 1.11 bits per heavy atom. The van der Waals surface area contributed by atoms with Crippen LogP contribution in [0.4, 0.5) is 5.82 Å². The number of nitrogens with one attached hydrogen (secondary N) is 1. The molecule has 0 atom stereocenters. The van der Waals surface area contributed by atoms with Crippen LogP contribution in [0.15, 0.2) is 47.1 Å². The average molecular weight is 236 g/mol. The zero-order chi connectivity index (χ0) is 12.4. The summed E-state index contributed by atoms with van der Waals surface area (Å²) in [5.74, 6) is 0.425. The smallest absolute Gasteiger partial charge is 0.182 e. The van der Waals surface area contributed by atoms with E-state index < -0.39 is 0 Å². The van der Waals surface area contributed by atoms with Crippen LogP contribution < -0.4 is 5.32 Å². The zero-order valence-electron chi connectivity index (χ0n) is 9.29. The number of para-hydroxylation sites is 1. The van der Waals surface area contributed by atoms with Gasteiger partial charge in [-0.3, -0.25) is 5.32 Å². The molecule has 2 heterocycles. The Morgan fingerprint density at radius 2 is 2.00 bits per heavy atom. The van der Waals surface area contributed by atoms with Crippen molar-refractivity contribution in [3.05, 3.63) is 42.7 Å². The third-order valence-electron chi connectivity index (χ3n) is 2.61. The first-order chi connectivity index (χ1) is 8.88. The quantitative estimate of drug-likeness (QED) is 0.547. The molecule has 0 fully saturated rings. The fourth-order valence-corrected chi connectivity index (χ4v) is 1.78. The molecule has 5 nitrogen and oxygen atoms in total. The molecule has 0 aliphatic carbocycles. The molecule has 0 unspecified atom stereocenters. The number of furan rings is 1. The minimum atomic E-state index is 0.425. The fourth-order valence-electron chi connectivity index (χ4n) is 1.78. The van der Waals surface area contributed by atoms with Gasteiger partial charge in [0.05, 0.1) is 5.69 Å². The molecule has 1 aromatic carbocycles. The van der Waals surface area contributed by atoms with E-state index in [1.54, 1.807) is 24.6 Å². The van der Waals surface area contributed by atoms with Gasteiger partial charge < -0.3 is 4.42 Å². The first kappa shape index (κ1) is 10.3. The van der Waals surface area contributed by atoms with E-state index in [-0.39, 0.29) is 0 Å². The molecule has 0 radical (unpaired) electrons. The molecule has 0 amide bonds. The summed E-state index contributed by atoms with van der Waals surface area (Å²) in [5.41, 5.74) is 2.42. The third kappa shape index (κ3) is 1.66. The van der Waals surface area contributed by atoms with Gasteiger partial charge in [-0.1, -0.05) is 18.2 Å². The van der Waals surface area contributed by atoms with Gasteiger partial charge in [0.1, 0.15) is 11.8 Å². The number of aromatic nitrogens is 2. The van der Waals surface area contributed by atoms with Gasteiger partial charge in [0.15, 0.2) is 12.0 Å². The van der Waals surface area contributed by atoms with Crippen molar-refractivity contribution in [1.82, 2.24) is 10.2 Å². The van der Waals surface area contributed by atoms with Gasteiger partial charge in [0, 0.05) is 10.9 Å². The molecule has 86 valence electrons. The summed E-state index contributed by atoms with van der Waals surface area (Å²) < 4.78 is 5.45. The lowest BCUT2D eigenvalue weighted by Crippen LogP contribution is -1.94. The van der Waals surface area contributed by atoms with Gasteiger partial charge in [-0.05, 0) is 18.2 Å². The Morgan fingerprint density at radius 3 is 2.78 bits per heavy atom. The highest BCUT2D eigenvalue weighted by Crippen LogP contribution is 2.28. The molecule has 18 heavy (non-hydrogen) atoms. The van der Waals surface area contributed by atoms with Crippen molar-refractivity contribution in [2.45, 2.75) is 0 Å². The van der Waals surface area contributed by atoms with E-state index in [0.29, 0.717) is 11.5 Å². The third-order valence-corrected chi connectivity index (χ3v) is 2.61. The number of anilines is 1. The van der Waals surface area contributed by atoms with Crippen LogP contribution in [0.5, 0.6) is 0 Å². The highest BCUT2D eigenvalue weighted by Gasteiger charge is 2.09. The van der Waals surface area contributed by atoms with Crippen LogP contribution in [0.1, 0.15) is 0 Å². The van der Waals surface area contributed by atoms with Gasteiger partial charge in [0.25, 0.3) is 0 Å². The molecule has 2 aromatic heterocycles. The normalized spacial score (nSPS) is 10.2. The van der Waals surface area contributed by atoms with Crippen molar-refractivity contribution in [3.63, 3.8) is 0 Å². The predicted octanol–water partition coefficient (Wildman–Crippen LogP) is 2.78. The monoisotopic (exact) mass is 236 g/mol. The first-order valence-electron chi connectivity index (χ1n) is 5.34. The van der Waals surface area contributed by atoms with E-state index in [4.69, 9.17) is 9.68 Å². The summed E-state index contributed by atoms with van der Waals surface area (Å²) in [6.07, 6.45) is 3.46. The van der Waals surface area contributed by atoms with Crippen molar-refractivity contribution < 1.29 is 4.42 Å². The van der Waals surface area contributed by atoms with Gasteiger partial charge in [0.2, 0.25) is 0 Å². The molecule has 0 bridgehead atoms. The molecule has 3 rings (SSSR count). The van der Waals surface area contributed by atoms with E-state index >= 15 is 0 Å². The van der Waals surface area contributed by atoms with Crippen LogP contribution in [0.2, 0.25) is 0 Å². The molecule has 5 heteroatoms. The molecular formula is C13H8N4O. The maximum atomic E-state index is 8.47. The summed E-state index contributed by atoms with van der Waals surface area (Å²) in [4.78, 5) is 0. The van der Waals surface area contributed by atoms with Crippen LogP contribution in [0.3, 0.4) is 0 Å². The van der Waals surface area contributed by atoms with E-state index in [1.807, 2.05) is 24.3 Å². The number of hydrogen-bond acceptors (Lipinski definition) is 5. The summed E-state index contributed by atoms with van der Waals surface area (Å²) >= 11 is 0. The van der Waals surface area contributed by atoms with Gasteiger partial charge in [-0.25, -0.2) is 0 Å². The van der Waals surface area contributed by atoms with Crippen LogP contribution in [-0.4, -0.2) is 10.2 Å². The van der Waals surface area contributed by atoms with E-state index in [1.165, 1.54) is 0 Å². The second-order valence-corrected chi connectivity index (χ2v) is 3.69. The number of benzene rings is 1. The zero-order valence-corrected chi connectivity index (χ0v) is 9.29. The maximum Gasteiger partial charge on any atom is 0.182 e. The molecule has 3 aromatic rings. The largest absolute Gasteiger partial charge is 0.464 e. The van der Waals surface area contributed by atoms with E-state index in [9.17, 15) is 0 Å². The van der Waals surface area contributed by atoms with Crippen LogP contribution >= 0.6 is 0 Å². The molecule has 0 saturated carbocycles. The highest BCUT2D eigenvalue weighted by molar-refractivity contribution is 5.92. The Labute approximate surface area is 103 Å². The SMILES string of the molecule is N#CNc1ccc(-c2coc3ccccc23)nn1. The van der Waals surface area contributed by atoms with Crippen molar-refractivity contribution in [2.75, 3.05) is 5.32 Å². The van der Waals surface area contributed by atoms with E-state index in [0.717, 1.165) is 16.5 Å². The molecule has 0 saturated heterocycles. The lowest BCUT2D eigenvalue weighted by molar-refractivity contribution is 0.616. The van der Waals surface area contributed by atoms with Gasteiger partial charge in [-0.2, -0.15) is 5.26 Å². The van der Waals surface area contributed by atoms with Gasteiger partial charge >= 0.3 is 0 Å². The first-order valence-corrected chi connectivity index (χ1v) is 5.34. The Kier molecular flexibility index (Phi) is 2.39. The number of nitrogens with zero attached hydrogens (tertiary/aromatic N) is 3. The number of fused-ring (bicyclic) bond motifs is 1. The summed E-state index contributed by atoms with van der Waals surface area (Å²) in [6, 6.07) is 11.2.